The van der Waals surface area contributed by atoms with E-state index >= 15 is 0 Å². The van der Waals surface area contributed by atoms with Crippen molar-refractivity contribution in [3.05, 3.63) is 41.5 Å². The first kappa shape index (κ1) is 17.0. The Morgan fingerprint density at radius 2 is 1.90 bits per heavy atom. The van der Waals surface area contributed by atoms with E-state index in [1.807, 2.05) is 0 Å². The second kappa shape index (κ2) is 8.97. The summed E-state index contributed by atoms with van der Waals surface area (Å²) in [5.74, 6) is 1.45. The molecule has 0 fully saturated rings. The fraction of sp³-hybridized carbons (Fsp3) is 0.579. The van der Waals surface area contributed by atoms with Crippen LogP contribution in [-0.4, -0.2) is 13.1 Å². The standard InChI is InChI=1S/C19H31N/c1-15(2)12-18-9-6-10-19(13-18)17(5)8-7-11-20-14-16(3)4/h6,8-10,13,15-16,20H,7,11-12,14H2,1-5H3/b17-8-. The molecule has 1 heteroatoms. The van der Waals surface area contributed by atoms with Crippen LogP contribution in [0, 0.1) is 11.8 Å². The Morgan fingerprint density at radius 1 is 1.15 bits per heavy atom. The molecule has 1 rings (SSSR count). The number of allylic oxidation sites excluding steroid dienone is 1. The molecule has 0 aromatic heterocycles. The normalized spacial score (nSPS) is 12.4. The zero-order valence-corrected chi connectivity index (χ0v) is 13.9. The molecule has 1 aromatic carbocycles. The van der Waals surface area contributed by atoms with Crippen molar-refractivity contribution in [2.45, 2.75) is 47.5 Å². The van der Waals surface area contributed by atoms with Crippen molar-refractivity contribution < 1.29 is 0 Å². The summed E-state index contributed by atoms with van der Waals surface area (Å²) < 4.78 is 0. The Hall–Kier alpha value is -1.08. The molecule has 0 heterocycles. The van der Waals surface area contributed by atoms with Crippen LogP contribution in [0.1, 0.15) is 52.2 Å². The molecule has 0 bridgehead atoms. The Kier molecular flexibility index (Phi) is 7.61. The van der Waals surface area contributed by atoms with Crippen LogP contribution in [0.4, 0.5) is 0 Å². The summed E-state index contributed by atoms with van der Waals surface area (Å²) in [4.78, 5) is 0. The SMILES string of the molecule is C/C(=C/CCNCC(C)C)c1cccc(CC(C)C)c1. The van der Waals surface area contributed by atoms with Crippen LogP contribution in [0.5, 0.6) is 0 Å². The van der Waals surface area contributed by atoms with E-state index in [4.69, 9.17) is 0 Å². The second-order valence-electron chi connectivity index (χ2n) is 6.57. The van der Waals surface area contributed by atoms with Crippen molar-refractivity contribution in [1.82, 2.24) is 5.32 Å². The number of hydrogen-bond acceptors (Lipinski definition) is 1. The van der Waals surface area contributed by atoms with E-state index in [0.717, 1.165) is 37.8 Å². The lowest BCUT2D eigenvalue weighted by Gasteiger charge is -2.09. The average molecular weight is 273 g/mol. The topological polar surface area (TPSA) is 12.0 Å². The quantitative estimate of drug-likeness (QED) is 0.663. The Bertz CT molecular complexity index is 416. The fourth-order valence-corrected chi connectivity index (χ4v) is 2.31. The maximum Gasteiger partial charge on any atom is -0.00139 e. The predicted octanol–water partition coefficient (Wildman–Crippen LogP) is 4.92. The zero-order chi connectivity index (χ0) is 15.0. The van der Waals surface area contributed by atoms with Gasteiger partial charge in [0.15, 0.2) is 0 Å². The van der Waals surface area contributed by atoms with Gasteiger partial charge in [0.05, 0.1) is 0 Å². The molecule has 112 valence electrons. The van der Waals surface area contributed by atoms with Crippen LogP contribution in [0.3, 0.4) is 0 Å². The van der Waals surface area contributed by atoms with E-state index in [9.17, 15) is 0 Å². The lowest BCUT2D eigenvalue weighted by molar-refractivity contribution is 0.557. The monoisotopic (exact) mass is 273 g/mol. The van der Waals surface area contributed by atoms with Gasteiger partial charge in [-0.2, -0.15) is 0 Å². The maximum absolute atomic E-state index is 3.48. The van der Waals surface area contributed by atoms with Crippen LogP contribution in [0.25, 0.3) is 5.57 Å². The minimum Gasteiger partial charge on any atom is -0.316 e. The molecule has 0 aliphatic rings. The summed E-state index contributed by atoms with van der Waals surface area (Å²) in [6.45, 7) is 13.4. The highest BCUT2D eigenvalue weighted by Crippen LogP contribution is 2.17. The molecule has 0 amide bonds. The highest BCUT2D eigenvalue weighted by molar-refractivity contribution is 5.64. The smallest absolute Gasteiger partial charge is 0.00139 e. The molecular formula is C19H31N. The van der Waals surface area contributed by atoms with E-state index in [-0.39, 0.29) is 0 Å². The molecule has 0 saturated heterocycles. The van der Waals surface area contributed by atoms with Gasteiger partial charge in [-0.1, -0.05) is 58.0 Å². The summed E-state index contributed by atoms with van der Waals surface area (Å²) in [5, 5.41) is 3.48. The van der Waals surface area contributed by atoms with Crippen molar-refractivity contribution in [3.8, 4) is 0 Å². The van der Waals surface area contributed by atoms with Gasteiger partial charge in [-0.25, -0.2) is 0 Å². The Morgan fingerprint density at radius 3 is 2.55 bits per heavy atom. The molecular weight excluding hydrogens is 242 g/mol. The molecule has 1 N–H and O–H groups in total. The summed E-state index contributed by atoms with van der Waals surface area (Å²) >= 11 is 0. The summed E-state index contributed by atoms with van der Waals surface area (Å²) in [7, 11) is 0. The fourth-order valence-electron chi connectivity index (χ4n) is 2.31. The Balaban J connectivity index is 2.51. The number of benzene rings is 1. The third kappa shape index (κ3) is 6.91. The molecule has 0 aliphatic carbocycles. The summed E-state index contributed by atoms with van der Waals surface area (Å²) in [6.07, 6.45) is 4.62. The van der Waals surface area contributed by atoms with E-state index in [2.05, 4.69) is 70.3 Å². The molecule has 0 atom stereocenters. The van der Waals surface area contributed by atoms with E-state index in [0.29, 0.717) is 0 Å². The van der Waals surface area contributed by atoms with Crippen LogP contribution >= 0.6 is 0 Å². The molecule has 0 radical (unpaired) electrons. The van der Waals surface area contributed by atoms with Gasteiger partial charge in [-0.15, -0.1) is 0 Å². The third-order valence-electron chi connectivity index (χ3n) is 3.35. The van der Waals surface area contributed by atoms with Crippen LogP contribution in [-0.2, 0) is 6.42 Å². The van der Waals surface area contributed by atoms with Crippen molar-refractivity contribution in [2.24, 2.45) is 11.8 Å². The molecule has 1 nitrogen and oxygen atoms in total. The lowest BCUT2D eigenvalue weighted by atomic mass is 9.98. The molecule has 1 aromatic rings. The van der Waals surface area contributed by atoms with Crippen molar-refractivity contribution in [1.29, 1.82) is 0 Å². The van der Waals surface area contributed by atoms with Crippen molar-refractivity contribution in [2.75, 3.05) is 13.1 Å². The van der Waals surface area contributed by atoms with Crippen molar-refractivity contribution in [3.63, 3.8) is 0 Å². The average Bonchev–Trinajstić information content (AvgIpc) is 2.37. The van der Waals surface area contributed by atoms with Gasteiger partial charge in [0, 0.05) is 0 Å². The molecule has 0 saturated carbocycles. The third-order valence-corrected chi connectivity index (χ3v) is 3.35. The minimum absolute atomic E-state index is 0.717. The van der Waals surface area contributed by atoms with Gasteiger partial charge in [0.2, 0.25) is 0 Å². The van der Waals surface area contributed by atoms with Gasteiger partial charge in [0.1, 0.15) is 0 Å². The van der Waals surface area contributed by atoms with Crippen LogP contribution in [0.15, 0.2) is 30.3 Å². The Labute approximate surface area is 125 Å². The first-order valence-corrected chi connectivity index (χ1v) is 7.95. The molecule has 20 heavy (non-hydrogen) atoms. The van der Waals surface area contributed by atoms with Gasteiger partial charge >= 0.3 is 0 Å². The molecule has 0 aliphatic heterocycles. The second-order valence-corrected chi connectivity index (χ2v) is 6.57. The number of nitrogens with one attached hydrogen (secondary N) is 1. The van der Waals surface area contributed by atoms with Gasteiger partial charge in [-0.3, -0.25) is 0 Å². The maximum atomic E-state index is 3.48. The van der Waals surface area contributed by atoms with Gasteiger partial charge < -0.3 is 5.32 Å². The number of rotatable bonds is 8. The highest BCUT2D eigenvalue weighted by Gasteiger charge is 2.01. The first-order chi connectivity index (χ1) is 9.49. The largest absolute Gasteiger partial charge is 0.316 e. The van der Waals surface area contributed by atoms with Gasteiger partial charge in [-0.05, 0) is 61.4 Å². The highest BCUT2D eigenvalue weighted by atomic mass is 14.8. The predicted molar refractivity (Wildman–Crippen MR) is 91.0 cm³/mol. The lowest BCUT2D eigenvalue weighted by Crippen LogP contribution is -2.20. The van der Waals surface area contributed by atoms with E-state index in [1.54, 1.807) is 0 Å². The molecule has 0 spiro atoms. The summed E-state index contributed by atoms with van der Waals surface area (Å²) in [5.41, 5.74) is 4.21. The van der Waals surface area contributed by atoms with Crippen LogP contribution in [0.2, 0.25) is 0 Å². The summed E-state index contributed by atoms with van der Waals surface area (Å²) in [6, 6.07) is 8.98. The zero-order valence-electron chi connectivity index (χ0n) is 13.9. The van der Waals surface area contributed by atoms with Crippen LogP contribution < -0.4 is 5.32 Å². The van der Waals surface area contributed by atoms with E-state index < -0.39 is 0 Å². The minimum atomic E-state index is 0.717. The molecule has 0 unspecified atom stereocenters. The number of hydrogen-bond donors (Lipinski definition) is 1. The van der Waals surface area contributed by atoms with E-state index in [1.165, 1.54) is 16.7 Å². The van der Waals surface area contributed by atoms with Gasteiger partial charge in [0.25, 0.3) is 0 Å². The van der Waals surface area contributed by atoms with Crippen molar-refractivity contribution >= 4 is 5.57 Å². The first-order valence-electron chi connectivity index (χ1n) is 7.95.